The van der Waals surface area contributed by atoms with Crippen LogP contribution >= 0.6 is 11.6 Å². The van der Waals surface area contributed by atoms with E-state index in [1.54, 1.807) is 19.1 Å². The van der Waals surface area contributed by atoms with Gasteiger partial charge >= 0.3 is 0 Å². The first-order valence-corrected chi connectivity index (χ1v) is 8.87. The number of halogens is 1. The van der Waals surface area contributed by atoms with E-state index in [1.807, 2.05) is 11.0 Å². The van der Waals surface area contributed by atoms with Gasteiger partial charge in [0.15, 0.2) is 0 Å². The van der Waals surface area contributed by atoms with Gasteiger partial charge in [0, 0.05) is 12.6 Å². The van der Waals surface area contributed by atoms with Gasteiger partial charge in [-0.15, -0.1) is 0 Å². The molecule has 0 aromatic heterocycles. The number of carbonyl (C=O) groups is 1. The van der Waals surface area contributed by atoms with E-state index in [0.717, 1.165) is 38.0 Å². The summed E-state index contributed by atoms with van der Waals surface area (Å²) in [7, 11) is 0. The van der Waals surface area contributed by atoms with Crippen molar-refractivity contribution in [3.05, 3.63) is 28.8 Å². The summed E-state index contributed by atoms with van der Waals surface area (Å²) in [6.07, 6.45) is 5.82. The molecule has 5 heteroatoms. The molecule has 0 bridgehead atoms. The Balaban J connectivity index is 1.71. The van der Waals surface area contributed by atoms with Crippen LogP contribution in [0.15, 0.2) is 18.2 Å². The number of aliphatic hydroxyl groups is 1. The summed E-state index contributed by atoms with van der Waals surface area (Å²) in [6, 6.07) is 5.44. The minimum atomic E-state index is -0.401. The molecule has 1 amide bonds. The van der Waals surface area contributed by atoms with Gasteiger partial charge < -0.3 is 14.7 Å². The Morgan fingerprint density at radius 1 is 1.39 bits per heavy atom. The van der Waals surface area contributed by atoms with Gasteiger partial charge in [-0.3, -0.25) is 4.79 Å². The SMILES string of the molecule is CC(O)CC1CCCN1C(=O)c1ccc(OC2CCC2)cc1Cl. The first kappa shape index (κ1) is 16.6. The number of nitrogens with zero attached hydrogens (tertiary/aromatic N) is 1. The molecule has 2 atom stereocenters. The van der Waals surface area contributed by atoms with Crippen LogP contribution in [0.4, 0.5) is 0 Å². The molecular weight excluding hydrogens is 314 g/mol. The second-order valence-electron chi connectivity index (χ2n) is 6.69. The van der Waals surface area contributed by atoms with Crippen molar-refractivity contribution in [1.82, 2.24) is 4.90 Å². The normalized spacial score (nSPS) is 22.7. The maximum absolute atomic E-state index is 12.8. The smallest absolute Gasteiger partial charge is 0.255 e. The summed E-state index contributed by atoms with van der Waals surface area (Å²) in [5.41, 5.74) is 0.519. The fraction of sp³-hybridized carbons (Fsp3) is 0.611. The predicted octanol–water partition coefficient (Wildman–Crippen LogP) is 3.65. The number of amides is 1. The van der Waals surface area contributed by atoms with Crippen LogP contribution in [-0.2, 0) is 0 Å². The van der Waals surface area contributed by atoms with Crippen LogP contribution in [0.5, 0.6) is 5.75 Å². The van der Waals surface area contributed by atoms with Gasteiger partial charge in [0.2, 0.25) is 0 Å². The number of likely N-dealkylation sites (tertiary alicyclic amines) is 1. The fourth-order valence-electron chi connectivity index (χ4n) is 3.32. The van der Waals surface area contributed by atoms with Crippen molar-refractivity contribution in [3.8, 4) is 5.75 Å². The van der Waals surface area contributed by atoms with Gasteiger partial charge in [0.05, 0.1) is 22.8 Å². The Hall–Kier alpha value is -1.26. The topological polar surface area (TPSA) is 49.8 Å². The third kappa shape index (κ3) is 3.81. The zero-order valence-corrected chi connectivity index (χ0v) is 14.3. The van der Waals surface area contributed by atoms with E-state index >= 15 is 0 Å². The highest BCUT2D eigenvalue weighted by Crippen LogP contribution is 2.31. The molecular formula is C18H24ClNO3. The van der Waals surface area contributed by atoms with E-state index in [9.17, 15) is 9.90 Å². The summed E-state index contributed by atoms with van der Waals surface area (Å²) in [4.78, 5) is 14.6. The van der Waals surface area contributed by atoms with Crippen molar-refractivity contribution in [2.24, 2.45) is 0 Å². The molecule has 2 fully saturated rings. The Morgan fingerprint density at radius 3 is 2.78 bits per heavy atom. The first-order valence-electron chi connectivity index (χ1n) is 8.50. The third-order valence-corrected chi connectivity index (χ3v) is 5.09. The number of hydrogen-bond donors (Lipinski definition) is 1. The van der Waals surface area contributed by atoms with Gasteiger partial charge in [0.25, 0.3) is 5.91 Å². The van der Waals surface area contributed by atoms with Crippen LogP contribution in [0.3, 0.4) is 0 Å². The number of rotatable bonds is 5. The number of ether oxygens (including phenoxy) is 1. The zero-order valence-electron chi connectivity index (χ0n) is 13.5. The lowest BCUT2D eigenvalue weighted by molar-refractivity contribution is 0.0682. The van der Waals surface area contributed by atoms with Crippen LogP contribution in [0, 0.1) is 0 Å². The fourth-order valence-corrected chi connectivity index (χ4v) is 3.57. The van der Waals surface area contributed by atoms with E-state index in [0.29, 0.717) is 23.1 Å². The van der Waals surface area contributed by atoms with Crippen molar-refractivity contribution >= 4 is 17.5 Å². The number of carbonyl (C=O) groups excluding carboxylic acids is 1. The minimum Gasteiger partial charge on any atom is -0.490 e. The second kappa shape index (κ2) is 7.10. The van der Waals surface area contributed by atoms with E-state index in [1.165, 1.54) is 6.42 Å². The molecule has 23 heavy (non-hydrogen) atoms. The molecule has 0 spiro atoms. The van der Waals surface area contributed by atoms with E-state index in [2.05, 4.69) is 0 Å². The lowest BCUT2D eigenvalue weighted by Crippen LogP contribution is -2.37. The molecule has 1 aliphatic carbocycles. The first-order chi connectivity index (χ1) is 11.0. The maximum Gasteiger partial charge on any atom is 0.255 e. The molecule has 1 aromatic rings. The monoisotopic (exact) mass is 337 g/mol. The highest BCUT2D eigenvalue weighted by atomic mass is 35.5. The summed E-state index contributed by atoms with van der Waals surface area (Å²) >= 11 is 6.32. The average molecular weight is 338 g/mol. The molecule has 2 unspecified atom stereocenters. The zero-order chi connectivity index (χ0) is 16.4. The Bertz CT molecular complexity index is 571. The molecule has 3 rings (SSSR count). The Kier molecular flexibility index (Phi) is 5.12. The van der Waals surface area contributed by atoms with Crippen LogP contribution < -0.4 is 4.74 Å². The summed E-state index contributed by atoms with van der Waals surface area (Å²) < 4.78 is 5.82. The predicted molar refractivity (Wildman–Crippen MR) is 90.1 cm³/mol. The molecule has 126 valence electrons. The summed E-state index contributed by atoms with van der Waals surface area (Å²) in [6.45, 7) is 2.49. The van der Waals surface area contributed by atoms with Crippen LogP contribution in [0.25, 0.3) is 0 Å². The molecule has 4 nitrogen and oxygen atoms in total. The molecule has 0 radical (unpaired) electrons. The largest absolute Gasteiger partial charge is 0.490 e. The molecule has 1 aromatic carbocycles. The van der Waals surface area contributed by atoms with Crippen molar-refractivity contribution in [2.45, 2.75) is 63.7 Å². The minimum absolute atomic E-state index is 0.0478. The van der Waals surface area contributed by atoms with Crippen molar-refractivity contribution in [2.75, 3.05) is 6.54 Å². The maximum atomic E-state index is 12.8. The van der Waals surface area contributed by atoms with Gasteiger partial charge in [-0.1, -0.05) is 11.6 Å². The van der Waals surface area contributed by atoms with Gasteiger partial charge in [-0.05, 0) is 63.6 Å². The molecule has 1 saturated heterocycles. The molecule has 1 N–H and O–H groups in total. The van der Waals surface area contributed by atoms with Crippen molar-refractivity contribution < 1.29 is 14.6 Å². The van der Waals surface area contributed by atoms with Crippen LogP contribution in [0.1, 0.15) is 55.8 Å². The third-order valence-electron chi connectivity index (χ3n) is 4.78. The van der Waals surface area contributed by atoms with Crippen LogP contribution in [-0.4, -0.2) is 40.7 Å². The Morgan fingerprint density at radius 2 is 2.17 bits per heavy atom. The van der Waals surface area contributed by atoms with Crippen molar-refractivity contribution in [1.29, 1.82) is 0 Å². The van der Waals surface area contributed by atoms with E-state index < -0.39 is 6.10 Å². The number of hydrogen-bond acceptors (Lipinski definition) is 3. The highest BCUT2D eigenvalue weighted by molar-refractivity contribution is 6.34. The summed E-state index contributed by atoms with van der Waals surface area (Å²) in [5.74, 6) is 0.687. The van der Waals surface area contributed by atoms with Gasteiger partial charge in [-0.2, -0.15) is 0 Å². The van der Waals surface area contributed by atoms with E-state index in [-0.39, 0.29) is 11.9 Å². The lowest BCUT2D eigenvalue weighted by atomic mass is 9.96. The van der Waals surface area contributed by atoms with Gasteiger partial charge in [-0.25, -0.2) is 0 Å². The van der Waals surface area contributed by atoms with Crippen molar-refractivity contribution in [3.63, 3.8) is 0 Å². The van der Waals surface area contributed by atoms with E-state index in [4.69, 9.17) is 16.3 Å². The molecule has 1 heterocycles. The standard InChI is InChI=1S/C18H24ClNO3/c1-12(21)10-13-4-3-9-20(13)18(22)16-8-7-15(11-17(16)19)23-14-5-2-6-14/h7-8,11-14,21H,2-6,9-10H2,1H3. The quantitative estimate of drug-likeness (QED) is 0.892. The van der Waals surface area contributed by atoms with Crippen LogP contribution in [0.2, 0.25) is 5.02 Å². The number of benzene rings is 1. The second-order valence-corrected chi connectivity index (χ2v) is 7.10. The number of aliphatic hydroxyl groups excluding tert-OH is 1. The molecule has 2 aliphatic rings. The summed E-state index contributed by atoms with van der Waals surface area (Å²) in [5, 5.41) is 10.0. The molecule has 1 saturated carbocycles. The highest BCUT2D eigenvalue weighted by Gasteiger charge is 2.31. The lowest BCUT2D eigenvalue weighted by Gasteiger charge is -2.27. The Labute approximate surface area is 142 Å². The van der Waals surface area contributed by atoms with Gasteiger partial charge in [0.1, 0.15) is 5.75 Å². The molecule has 1 aliphatic heterocycles. The average Bonchev–Trinajstić information content (AvgIpc) is 2.89.